The zero-order chi connectivity index (χ0) is 22.2. The maximum atomic E-state index is 12.7. The Morgan fingerprint density at radius 3 is 2.48 bits per heavy atom. The lowest BCUT2D eigenvalue weighted by Crippen LogP contribution is -2.17. The van der Waals surface area contributed by atoms with Crippen LogP contribution < -0.4 is 14.8 Å². The number of ether oxygens (including phenoxy) is 2. The Balaban J connectivity index is 1.20. The van der Waals surface area contributed by atoms with Crippen molar-refractivity contribution in [3.8, 4) is 34.0 Å². The van der Waals surface area contributed by atoms with Crippen molar-refractivity contribution in [1.29, 1.82) is 0 Å². The van der Waals surface area contributed by atoms with Gasteiger partial charge in [-0.3, -0.25) is 4.79 Å². The number of amides is 1. The van der Waals surface area contributed by atoms with Crippen LogP contribution in [0, 0.1) is 0 Å². The quantitative estimate of drug-likeness (QED) is 0.387. The molecule has 0 unspecified atom stereocenters. The van der Waals surface area contributed by atoms with Crippen LogP contribution in [0.3, 0.4) is 0 Å². The first kappa shape index (κ1) is 19.2. The van der Waals surface area contributed by atoms with Crippen LogP contribution in [-0.4, -0.2) is 29.1 Å². The van der Waals surface area contributed by atoms with Crippen LogP contribution in [0.1, 0.15) is 10.4 Å². The Labute approximate surface area is 189 Å². The Kier molecular flexibility index (Phi) is 4.58. The fourth-order valence-electron chi connectivity index (χ4n) is 3.85. The van der Waals surface area contributed by atoms with Gasteiger partial charge in [0.1, 0.15) is 19.0 Å². The van der Waals surface area contributed by atoms with Crippen LogP contribution in [0.15, 0.2) is 83.7 Å². The summed E-state index contributed by atoms with van der Waals surface area (Å²) < 4.78 is 16.3. The van der Waals surface area contributed by atoms with Crippen LogP contribution in [0.5, 0.6) is 11.5 Å². The van der Waals surface area contributed by atoms with E-state index in [1.807, 2.05) is 42.5 Å². The molecule has 3 aromatic carbocycles. The summed E-state index contributed by atoms with van der Waals surface area (Å²) in [4.78, 5) is 20.7. The lowest BCUT2D eigenvalue weighted by atomic mass is 10.1. The van der Waals surface area contributed by atoms with E-state index in [9.17, 15) is 4.79 Å². The zero-order valence-electron chi connectivity index (χ0n) is 17.5. The van der Waals surface area contributed by atoms with E-state index in [-0.39, 0.29) is 5.91 Å². The third kappa shape index (κ3) is 3.70. The Hall–Kier alpha value is -4.52. The molecule has 1 aliphatic rings. The van der Waals surface area contributed by atoms with E-state index < -0.39 is 0 Å². The minimum Gasteiger partial charge on any atom is -0.486 e. The topological polar surface area (TPSA) is 89.4 Å². The van der Waals surface area contributed by atoms with Gasteiger partial charge < -0.3 is 24.2 Å². The number of H-pyrrole nitrogens is 1. The van der Waals surface area contributed by atoms with Crippen LogP contribution in [0.25, 0.3) is 33.5 Å². The van der Waals surface area contributed by atoms with Crippen LogP contribution in [0.4, 0.5) is 5.69 Å². The number of carbonyl (C=O) groups excluding carboxylic acids is 1. The number of hydrogen-bond acceptors (Lipinski definition) is 5. The molecule has 0 fully saturated rings. The van der Waals surface area contributed by atoms with Crippen LogP contribution in [-0.2, 0) is 0 Å². The highest BCUT2D eigenvalue weighted by molar-refractivity contribution is 6.04. The minimum atomic E-state index is -0.213. The molecule has 0 aliphatic carbocycles. The van der Waals surface area contributed by atoms with Crippen molar-refractivity contribution in [3.63, 3.8) is 0 Å². The van der Waals surface area contributed by atoms with Gasteiger partial charge in [0.05, 0.1) is 23.6 Å². The molecule has 0 saturated carbocycles. The van der Waals surface area contributed by atoms with E-state index in [1.165, 1.54) is 0 Å². The number of fused-ring (bicyclic) bond motifs is 2. The first-order valence-corrected chi connectivity index (χ1v) is 10.6. The average Bonchev–Trinajstić information content (AvgIpc) is 3.54. The summed E-state index contributed by atoms with van der Waals surface area (Å²) in [6, 6.07) is 20.7. The molecule has 3 heterocycles. The highest BCUT2D eigenvalue weighted by Gasteiger charge is 2.15. The number of furan rings is 1. The molecule has 5 aromatic rings. The van der Waals surface area contributed by atoms with Gasteiger partial charge in [-0.05, 0) is 66.2 Å². The van der Waals surface area contributed by atoms with Crippen LogP contribution in [0.2, 0.25) is 0 Å². The Morgan fingerprint density at radius 2 is 1.67 bits per heavy atom. The Morgan fingerprint density at radius 1 is 0.848 bits per heavy atom. The van der Waals surface area contributed by atoms with Crippen LogP contribution >= 0.6 is 0 Å². The van der Waals surface area contributed by atoms with Gasteiger partial charge in [0.2, 0.25) is 0 Å². The standard InChI is InChI=1S/C26H19N3O4/c30-26(18-4-8-23-24(14-18)33-12-11-32-23)27-20-5-1-16(2-6-20)25-28-21-7-3-17(13-22(21)29-25)19-9-10-31-15-19/h1-10,13-15H,11-12H2,(H,27,30)(H,28,29). The summed E-state index contributed by atoms with van der Waals surface area (Å²) in [5.74, 6) is 1.80. The van der Waals surface area contributed by atoms with E-state index in [0.29, 0.717) is 36.0 Å². The van der Waals surface area contributed by atoms with Crippen molar-refractivity contribution in [2.24, 2.45) is 0 Å². The maximum absolute atomic E-state index is 12.7. The number of carbonyl (C=O) groups is 1. The summed E-state index contributed by atoms with van der Waals surface area (Å²) in [7, 11) is 0. The van der Waals surface area contributed by atoms with Gasteiger partial charge in [0.25, 0.3) is 5.91 Å². The molecule has 0 bridgehead atoms. The summed E-state index contributed by atoms with van der Waals surface area (Å²) in [5.41, 5.74) is 6.03. The third-order valence-electron chi connectivity index (χ3n) is 5.56. The van der Waals surface area contributed by atoms with Crippen molar-refractivity contribution >= 4 is 22.6 Å². The maximum Gasteiger partial charge on any atom is 0.255 e. The lowest BCUT2D eigenvalue weighted by molar-refractivity contribution is 0.102. The molecular weight excluding hydrogens is 418 g/mol. The summed E-state index contributed by atoms with van der Waals surface area (Å²) in [5, 5.41) is 2.92. The predicted octanol–water partition coefficient (Wildman–Crippen LogP) is 5.51. The first-order chi connectivity index (χ1) is 16.2. The highest BCUT2D eigenvalue weighted by Crippen LogP contribution is 2.31. The summed E-state index contributed by atoms with van der Waals surface area (Å²) in [6.45, 7) is 0.994. The van der Waals surface area contributed by atoms with Crippen molar-refractivity contribution < 1.29 is 18.7 Å². The molecule has 0 saturated heterocycles. The number of aromatic amines is 1. The van der Waals surface area contributed by atoms with E-state index in [2.05, 4.69) is 16.4 Å². The fraction of sp³-hybridized carbons (Fsp3) is 0.0769. The van der Waals surface area contributed by atoms with Crippen molar-refractivity contribution in [2.45, 2.75) is 0 Å². The SMILES string of the molecule is O=C(Nc1ccc(-c2nc3ccc(-c4ccoc4)cc3[nH]2)cc1)c1ccc2c(c1)OCCO2. The second-order valence-corrected chi connectivity index (χ2v) is 7.72. The second kappa shape index (κ2) is 7.87. The molecule has 0 atom stereocenters. The monoisotopic (exact) mass is 437 g/mol. The molecule has 7 nitrogen and oxygen atoms in total. The minimum absolute atomic E-state index is 0.213. The number of anilines is 1. The average molecular weight is 437 g/mol. The smallest absolute Gasteiger partial charge is 0.255 e. The van der Waals surface area contributed by atoms with E-state index in [4.69, 9.17) is 18.9 Å². The van der Waals surface area contributed by atoms with Crippen molar-refractivity contribution in [3.05, 3.63) is 84.8 Å². The zero-order valence-corrected chi connectivity index (χ0v) is 17.5. The number of imidazole rings is 1. The molecule has 33 heavy (non-hydrogen) atoms. The fourth-order valence-corrected chi connectivity index (χ4v) is 3.85. The van der Waals surface area contributed by atoms with E-state index in [0.717, 1.165) is 33.5 Å². The van der Waals surface area contributed by atoms with Gasteiger partial charge in [-0.15, -0.1) is 0 Å². The number of nitrogens with zero attached hydrogens (tertiary/aromatic N) is 1. The number of hydrogen-bond donors (Lipinski definition) is 2. The molecular formula is C26H19N3O4. The molecule has 7 heteroatoms. The van der Waals surface area contributed by atoms with Gasteiger partial charge in [-0.2, -0.15) is 0 Å². The van der Waals surface area contributed by atoms with E-state index >= 15 is 0 Å². The molecule has 2 N–H and O–H groups in total. The number of nitrogens with one attached hydrogen (secondary N) is 2. The van der Waals surface area contributed by atoms with Gasteiger partial charge in [0, 0.05) is 22.4 Å². The lowest BCUT2D eigenvalue weighted by Gasteiger charge is -2.18. The van der Waals surface area contributed by atoms with Crippen molar-refractivity contribution in [1.82, 2.24) is 9.97 Å². The largest absolute Gasteiger partial charge is 0.486 e. The molecule has 0 radical (unpaired) electrons. The molecule has 6 rings (SSSR count). The molecule has 162 valence electrons. The highest BCUT2D eigenvalue weighted by atomic mass is 16.6. The van der Waals surface area contributed by atoms with Gasteiger partial charge in [0.15, 0.2) is 11.5 Å². The molecule has 1 aliphatic heterocycles. The van der Waals surface area contributed by atoms with Gasteiger partial charge in [-0.25, -0.2) is 4.98 Å². The van der Waals surface area contributed by atoms with Gasteiger partial charge >= 0.3 is 0 Å². The normalized spacial score (nSPS) is 12.6. The predicted molar refractivity (Wildman–Crippen MR) is 125 cm³/mol. The van der Waals surface area contributed by atoms with E-state index in [1.54, 1.807) is 30.7 Å². The number of rotatable bonds is 4. The van der Waals surface area contributed by atoms with Crippen molar-refractivity contribution in [2.75, 3.05) is 18.5 Å². The second-order valence-electron chi connectivity index (χ2n) is 7.72. The first-order valence-electron chi connectivity index (χ1n) is 10.6. The molecule has 0 spiro atoms. The third-order valence-corrected chi connectivity index (χ3v) is 5.56. The Bertz CT molecular complexity index is 1450. The number of benzene rings is 3. The van der Waals surface area contributed by atoms with Gasteiger partial charge in [-0.1, -0.05) is 6.07 Å². The molecule has 1 amide bonds. The number of aromatic nitrogens is 2. The molecule has 2 aromatic heterocycles. The summed E-state index contributed by atoms with van der Waals surface area (Å²) >= 11 is 0. The summed E-state index contributed by atoms with van der Waals surface area (Å²) in [6.07, 6.45) is 3.38.